The third kappa shape index (κ3) is 6.14. The molecule has 9 nitrogen and oxygen atoms in total. The summed E-state index contributed by atoms with van der Waals surface area (Å²) in [6.07, 6.45) is 2.29. The predicted molar refractivity (Wildman–Crippen MR) is 132 cm³/mol. The molecule has 2 heterocycles. The Bertz CT molecular complexity index is 1170. The third-order valence-electron chi connectivity index (χ3n) is 5.70. The Kier molecular flexibility index (Phi) is 7.59. The molecule has 182 valence electrons. The van der Waals surface area contributed by atoms with Crippen molar-refractivity contribution in [3.8, 4) is 11.1 Å². The summed E-state index contributed by atoms with van der Waals surface area (Å²) in [4.78, 5) is 24.9. The van der Waals surface area contributed by atoms with E-state index in [4.69, 9.17) is 9.26 Å². The van der Waals surface area contributed by atoms with Gasteiger partial charge in [0.05, 0.1) is 25.2 Å². The van der Waals surface area contributed by atoms with Gasteiger partial charge in [0, 0.05) is 5.69 Å². The van der Waals surface area contributed by atoms with Crippen LogP contribution in [0.25, 0.3) is 11.1 Å². The highest BCUT2D eigenvalue weighted by Crippen LogP contribution is 2.22. The lowest BCUT2D eigenvalue weighted by atomic mass is 10.0. The lowest BCUT2D eigenvalue weighted by molar-refractivity contribution is -0.120. The molecule has 4 rings (SSSR count). The summed E-state index contributed by atoms with van der Waals surface area (Å²) in [6, 6.07) is 16.5. The molecule has 0 saturated carbocycles. The van der Waals surface area contributed by atoms with Crippen LogP contribution in [0.2, 0.25) is 0 Å². The van der Waals surface area contributed by atoms with Crippen LogP contribution in [-0.4, -0.2) is 47.1 Å². The number of benzene rings is 2. The van der Waals surface area contributed by atoms with Crippen LogP contribution in [0, 0.1) is 13.8 Å². The quantitative estimate of drug-likeness (QED) is 0.385. The van der Waals surface area contributed by atoms with E-state index in [2.05, 4.69) is 21.1 Å². The van der Waals surface area contributed by atoms with Crippen molar-refractivity contribution in [3.05, 3.63) is 78.2 Å². The first-order chi connectivity index (χ1) is 16.9. The molecule has 0 bridgehead atoms. The van der Waals surface area contributed by atoms with E-state index < -0.39 is 24.3 Å². The van der Waals surface area contributed by atoms with Crippen LogP contribution in [0.4, 0.5) is 16.2 Å². The monoisotopic (exact) mass is 476 g/mol. The minimum atomic E-state index is -0.696. The Labute approximate surface area is 203 Å². The van der Waals surface area contributed by atoms with Crippen LogP contribution < -0.4 is 16.0 Å². The highest BCUT2D eigenvalue weighted by molar-refractivity contribution is 5.92. The normalized spacial score (nSPS) is 19.2. The minimum Gasteiger partial charge on any atom is -0.394 e. The smallest absolute Gasteiger partial charge is 0.319 e. The molecule has 3 aromatic rings. The van der Waals surface area contributed by atoms with Gasteiger partial charge in [-0.3, -0.25) is 4.79 Å². The SMILES string of the molecule is Cc1noc(C)c1NC(=O)N[C@@H]1C=C[C@@H](CC(=O)Nc2ccc(-c3ccccc3)cc2)O[C@H]1CO. The fourth-order valence-corrected chi connectivity index (χ4v) is 3.87. The van der Waals surface area contributed by atoms with Crippen molar-refractivity contribution in [1.29, 1.82) is 0 Å². The number of aryl methyl sites for hydroxylation is 2. The zero-order chi connectivity index (χ0) is 24.8. The Morgan fingerprint density at radius 1 is 0.971 bits per heavy atom. The molecule has 0 saturated heterocycles. The number of hydrogen-bond donors (Lipinski definition) is 4. The topological polar surface area (TPSA) is 126 Å². The lowest BCUT2D eigenvalue weighted by Crippen LogP contribution is -2.50. The zero-order valence-electron chi connectivity index (χ0n) is 19.5. The number of aromatic nitrogens is 1. The van der Waals surface area contributed by atoms with Crippen molar-refractivity contribution in [3.63, 3.8) is 0 Å². The van der Waals surface area contributed by atoms with Gasteiger partial charge >= 0.3 is 6.03 Å². The number of urea groups is 1. The van der Waals surface area contributed by atoms with Gasteiger partial charge < -0.3 is 30.3 Å². The molecule has 0 aliphatic carbocycles. The molecule has 0 radical (unpaired) electrons. The molecule has 1 aliphatic rings. The second-order valence-corrected chi connectivity index (χ2v) is 8.30. The first-order valence-electron chi connectivity index (χ1n) is 11.3. The Hall–Kier alpha value is -3.95. The molecule has 2 aromatic carbocycles. The van der Waals surface area contributed by atoms with E-state index in [1.54, 1.807) is 26.0 Å². The highest BCUT2D eigenvalue weighted by atomic mass is 16.5. The van der Waals surface area contributed by atoms with E-state index in [1.165, 1.54) is 0 Å². The van der Waals surface area contributed by atoms with Gasteiger partial charge in [0.15, 0.2) is 5.76 Å². The van der Waals surface area contributed by atoms with Gasteiger partial charge in [0.1, 0.15) is 17.5 Å². The number of hydrogen-bond acceptors (Lipinski definition) is 6. The zero-order valence-corrected chi connectivity index (χ0v) is 19.5. The average molecular weight is 477 g/mol. The average Bonchev–Trinajstić information content (AvgIpc) is 3.18. The van der Waals surface area contributed by atoms with Crippen LogP contribution in [0.1, 0.15) is 17.9 Å². The predicted octanol–water partition coefficient (Wildman–Crippen LogP) is 3.79. The Balaban J connectivity index is 1.30. The number of aliphatic hydroxyl groups is 1. The van der Waals surface area contributed by atoms with E-state index in [1.807, 2.05) is 54.6 Å². The van der Waals surface area contributed by atoms with E-state index >= 15 is 0 Å². The number of carbonyl (C=O) groups excluding carboxylic acids is 2. The van der Waals surface area contributed by atoms with Crippen molar-refractivity contribution in [1.82, 2.24) is 10.5 Å². The summed E-state index contributed by atoms with van der Waals surface area (Å²) >= 11 is 0. The van der Waals surface area contributed by atoms with Gasteiger partial charge in [-0.25, -0.2) is 4.79 Å². The molecule has 4 N–H and O–H groups in total. The number of aliphatic hydroxyl groups excluding tert-OH is 1. The number of anilines is 2. The molecular weight excluding hydrogens is 448 g/mol. The molecule has 35 heavy (non-hydrogen) atoms. The molecular formula is C26H28N4O5. The van der Waals surface area contributed by atoms with Gasteiger partial charge in [-0.05, 0) is 37.1 Å². The van der Waals surface area contributed by atoms with Gasteiger partial charge in [-0.15, -0.1) is 0 Å². The number of nitrogens with one attached hydrogen (secondary N) is 3. The molecule has 0 spiro atoms. The minimum absolute atomic E-state index is 0.0748. The van der Waals surface area contributed by atoms with Crippen molar-refractivity contribution in [2.45, 2.75) is 38.5 Å². The van der Waals surface area contributed by atoms with Gasteiger partial charge in [-0.1, -0.05) is 59.8 Å². The number of carbonyl (C=O) groups is 2. The van der Waals surface area contributed by atoms with Crippen molar-refractivity contribution < 1.29 is 24.0 Å². The molecule has 1 aromatic heterocycles. The molecule has 3 amide bonds. The summed E-state index contributed by atoms with van der Waals surface area (Å²) < 4.78 is 10.9. The maximum Gasteiger partial charge on any atom is 0.319 e. The number of amides is 3. The first kappa shape index (κ1) is 24.2. The van der Waals surface area contributed by atoms with E-state index in [9.17, 15) is 14.7 Å². The summed E-state index contributed by atoms with van der Waals surface area (Å²) in [5, 5.41) is 21.9. The second kappa shape index (κ2) is 11.0. The van der Waals surface area contributed by atoms with Crippen LogP contribution in [-0.2, 0) is 9.53 Å². The van der Waals surface area contributed by atoms with Crippen LogP contribution in [0.5, 0.6) is 0 Å². The largest absolute Gasteiger partial charge is 0.394 e. The second-order valence-electron chi connectivity index (χ2n) is 8.30. The number of ether oxygens (including phenoxy) is 1. The van der Waals surface area contributed by atoms with Crippen LogP contribution in [0.15, 0.2) is 71.3 Å². The highest BCUT2D eigenvalue weighted by Gasteiger charge is 2.29. The Morgan fingerprint density at radius 2 is 1.69 bits per heavy atom. The van der Waals surface area contributed by atoms with Crippen LogP contribution >= 0.6 is 0 Å². The number of nitrogens with zero attached hydrogens (tertiary/aromatic N) is 1. The van der Waals surface area contributed by atoms with Crippen molar-refractivity contribution in [2.24, 2.45) is 0 Å². The maximum atomic E-state index is 12.5. The van der Waals surface area contributed by atoms with Crippen molar-refractivity contribution >= 4 is 23.3 Å². The van der Waals surface area contributed by atoms with E-state index in [0.29, 0.717) is 22.8 Å². The lowest BCUT2D eigenvalue weighted by Gasteiger charge is -2.31. The van der Waals surface area contributed by atoms with Gasteiger partial charge in [0.25, 0.3) is 0 Å². The maximum absolute atomic E-state index is 12.5. The molecule has 0 unspecified atom stereocenters. The number of rotatable bonds is 7. The fourth-order valence-electron chi connectivity index (χ4n) is 3.87. The third-order valence-corrected chi connectivity index (χ3v) is 5.70. The standard InChI is InChI=1S/C26H28N4O5/c1-16-25(17(2)35-30-16)29-26(33)28-22-13-12-21(34-23(22)15-31)14-24(32)27-20-10-8-19(9-11-20)18-6-4-3-5-7-18/h3-13,21-23,31H,14-15H2,1-2H3,(H,27,32)(H2,28,29,33)/t21-,22+,23-/m0/s1. The summed E-state index contributed by atoms with van der Waals surface area (Å²) in [7, 11) is 0. The van der Waals surface area contributed by atoms with Crippen molar-refractivity contribution in [2.75, 3.05) is 17.2 Å². The Morgan fingerprint density at radius 3 is 2.34 bits per heavy atom. The summed E-state index contributed by atoms with van der Waals surface area (Å²) in [6.45, 7) is 3.10. The van der Waals surface area contributed by atoms with Gasteiger partial charge in [-0.2, -0.15) is 0 Å². The molecule has 3 atom stereocenters. The first-order valence-corrected chi connectivity index (χ1v) is 11.3. The van der Waals surface area contributed by atoms with Gasteiger partial charge in [0.2, 0.25) is 5.91 Å². The molecule has 9 heteroatoms. The van der Waals surface area contributed by atoms with E-state index in [0.717, 1.165) is 11.1 Å². The van der Waals surface area contributed by atoms with Crippen LogP contribution in [0.3, 0.4) is 0 Å². The van der Waals surface area contributed by atoms with E-state index in [-0.39, 0.29) is 18.9 Å². The summed E-state index contributed by atoms with van der Waals surface area (Å²) in [5.74, 6) is 0.277. The molecule has 0 fully saturated rings. The fraction of sp³-hybridized carbons (Fsp3) is 0.269. The summed E-state index contributed by atoms with van der Waals surface area (Å²) in [5.41, 5.74) is 3.90. The molecule has 1 aliphatic heterocycles.